The molecule has 0 aliphatic heterocycles. The minimum absolute atomic E-state index is 0.0817. The molecule has 0 amide bonds. The van der Waals surface area contributed by atoms with Crippen molar-refractivity contribution in [2.24, 2.45) is 7.05 Å². The third-order valence-electron chi connectivity index (χ3n) is 5.55. The third-order valence-corrected chi connectivity index (χ3v) is 7.47. The van der Waals surface area contributed by atoms with Crippen molar-refractivity contribution in [2.75, 3.05) is 12.4 Å². The van der Waals surface area contributed by atoms with E-state index in [1.165, 1.54) is 0 Å². The summed E-state index contributed by atoms with van der Waals surface area (Å²) in [5.74, 6) is 6.21. The van der Waals surface area contributed by atoms with E-state index in [4.69, 9.17) is 9.47 Å². The molecule has 0 atom stereocenters. The highest BCUT2D eigenvalue weighted by Crippen LogP contribution is 2.31. The molecule has 1 heterocycles. The van der Waals surface area contributed by atoms with Gasteiger partial charge >= 0.3 is 5.97 Å². The number of benzene rings is 2. The quantitative estimate of drug-likeness (QED) is 0.320. The van der Waals surface area contributed by atoms with Crippen molar-refractivity contribution < 1.29 is 22.7 Å². The fourth-order valence-corrected chi connectivity index (χ4v) is 5.27. The molecule has 8 heteroatoms. The third kappa shape index (κ3) is 7.23. The summed E-state index contributed by atoms with van der Waals surface area (Å²) in [6.45, 7) is 10.9. The Kier molecular flexibility index (Phi) is 8.49. The zero-order valence-electron chi connectivity index (χ0n) is 22.5. The van der Waals surface area contributed by atoms with Crippen LogP contribution in [-0.2, 0) is 26.4 Å². The van der Waals surface area contributed by atoms with Gasteiger partial charge in [0.15, 0.2) is 16.4 Å². The maximum Gasteiger partial charge on any atom is 0.344 e. The molecule has 0 aliphatic rings. The summed E-state index contributed by atoms with van der Waals surface area (Å²) in [4.78, 5) is 12.5. The van der Waals surface area contributed by atoms with Gasteiger partial charge in [-0.15, -0.1) is 0 Å². The summed E-state index contributed by atoms with van der Waals surface area (Å²) in [6, 6.07) is 12.2. The zero-order chi connectivity index (χ0) is 27.4. The highest BCUT2D eigenvalue weighted by Gasteiger charge is 2.18. The minimum Gasteiger partial charge on any atom is -0.481 e. The van der Waals surface area contributed by atoms with E-state index in [1.807, 2.05) is 44.6 Å². The van der Waals surface area contributed by atoms with Gasteiger partial charge in [-0.2, -0.15) is 5.10 Å². The average molecular weight is 523 g/mol. The first-order valence-corrected chi connectivity index (χ1v) is 13.8. The largest absolute Gasteiger partial charge is 0.481 e. The van der Waals surface area contributed by atoms with E-state index in [0.717, 1.165) is 22.5 Å². The Hall–Kier alpha value is -3.57. The van der Waals surface area contributed by atoms with Gasteiger partial charge in [-0.3, -0.25) is 4.68 Å². The molecule has 1 aromatic heterocycles. The van der Waals surface area contributed by atoms with E-state index < -0.39 is 21.4 Å². The predicted octanol–water partition coefficient (Wildman–Crippen LogP) is 5.01. The number of esters is 1. The SMILES string of the molecule is CCCS(=O)(=O)c1cccc(C#Cc2cc(-c3c(C)nn(C)c3C)ccc2OCC(=O)OC(C)(C)C)c1. The van der Waals surface area contributed by atoms with Gasteiger partial charge in [0.05, 0.1) is 21.9 Å². The molecular weight excluding hydrogens is 488 g/mol. The summed E-state index contributed by atoms with van der Waals surface area (Å²) >= 11 is 0. The fourth-order valence-electron chi connectivity index (χ4n) is 3.90. The van der Waals surface area contributed by atoms with E-state index in [2.05, 4.69) is 16.9 Å². The van der Waals surface area contributed by atoms with Gasteiger partial charge < -0.3 is 9.47 Å². The summed E-state index contributed by atoms with van der Waals surface area (Å²) in [7, 11) is -1.47. The van der Waals surface area contributed by atoms with Crippen molar-refractivity contribution in [2.45, 2.75) is 58.5 Å². The van der Waals surface area contributed by atoms with Crippen molar-refractivity contribution in [3.8, 4) is 28.7 Å². The number of ether oxygens (including phenoxy) is 2. The molecule has 0 saturated carbocycles. The number of hydrogen-bond donors (Lipinski definition) is 0. The van der Waals surface area contributed by atoms with Crippen LogP contribution < -0.4 is 4.74 Å². The van der Waals surface area contributed by atoms with Crippen LogP contribution in [0, 0.1) is 25.7 Å². The summed E-state index contributed by atoms with van der Waals surface area (Å²) < 4.78 is 38.0. The molecule has 2 aromatic carbocycles. The van der Waals surface area contributed by atoms with E-state index in [1.54, 1.807) is 51.1 Å². The lowest BCUT2D eigenvalue weighted by Gasteiger charge is -2.19. The second-order valence-corrected chi connectivity index (χ2v) is 12.0. The average Bonchev–Trinajstić information content (AvgIpc) is 3.06. The van der Waals surface area contributed by atoms with Crippen LogP contribution in [-0.4, -0.2) is 42.1 Å². The molecule has 0 radical (unpaired) electrons. The molecule has 37 heavy (non-hydrogen) atoms. The first-order chi connectivity index (χ1) is 17.3. The summed E-state index contributed by atoms with van der Waals surface area (Å²) in [5, 5.41) is 4.51. The van der Waals surface area contributed by atoms with Crippen molar-refractivity contribution in [1.82, 2.24) is 9.78 Å². The lowest BCUT2D eigenvalue weighted by molar-refractivity contribution is -0.157. The van der Waals surface area contributed by atoms with E-state index >= 15 is 0 Å². The van der Waals surface area contributed by atoms with Crippen LogP contribution in [0.1, 0.15) is 56.6 Å². The smallest absolute Gasteiger partial charge is 0.344 e. The maximum atomic E-state index is 12.5. The van der Waals surface area contributed by atoms with Crippen LogP contribution in [0.3, 0.4) is 0 Å². The minimum atomic E-state index is -3.36. The Balaban J connectivity index is 2.02. The van der Waals surface area contributed by atoms with Crippen molar-refractivity contribution in [3.05, 3.63) is 65.0 Å². The second-order valence-electron chi connectivity index (χ2n) is 9.85. The van der Waals surface area contributed by atoms with Crippen molar-refractivity contribution in [3.63, 3.8) is 0 Å². The molecule has 0 aliphatic carbocycles. The Labute approximate surface area is 219 Å². The van der Waals surface area contributed by atoms with Gasteiger partial charge in [-0.1, -0.05) is 30.9 Å². The Morgan fingerprint density at radius 1 is 1.08 bits per heavy atom. The number of sulfone groups is 1. The van der Waals surface area contributed by atoms with Crippen LogP contribution in [0.25, 0.3) is 11.1 Å². The van der Waals surface area contributed by atoms with Crippen LogP contribution in [0.4, 0.5) is 0 Å². The summed E-state index contributed by atoms with van der Waals surface area (Å²) in [5.41, 5.74) is 4.31. The fraction of sp³-hybridized carbons (Fsp3) is 0.379. The number of carbonyl (C=O) groups excluding carboxylic acids is 1. The second kappa shape index (κ2) is 11.2. The number of hydrogen-bond acceptors (Lipinski definition) is 6. The zero-order valence-corrected chi connectivity index (χ0v) is 23.3. The monoisotopic (exact) mass is 522 g/mol. The molecule has 7 nitrogen and oxygen atoms in total. The number of aryl methyl sites for hydroxylation is 2. The number of aromatic nitrogens is 2. The van der Waals surface area contributed by atoms with Crippen molar-refractivity contribution >= 4 is 15.8 Å². The first kappa shape index (κ1) is 28.0. The highest BCUT2D eigenvalue weighted by molar-refractivity contribution is 7.91. The molecule has 0 bridgehead atoms. The van der Waals surface area contributed by atoms with Crippen molar-refractivity contribution in [1.29, 1.82) is 0 Å². The molecule has 0 unspecified atom stereocenters. The summed E-state index contributed by atoms with van der Waals surface area (Å²) in [6.07, 6.45) is 0.538. The van der Waals surface area contributed by atoms with Crippen LogP contribution in [0.5, 0.6) is 5.75 Å². The highest BCUT2D eigenvalue weighted by atomic mass is 32.2. The first-order valence-electron chi connectivity index (χ1n) is 12.1. The molecule has 0 fully saturated rings. The molecule has 196 valence electrons. The lowest BCUT2D eigenvalue weighted by atomic mass is 10.0. The predicted molar refractivity (Wildman–Crippen MR) is 144 cm³/mol. The Bertz CT molecular complexity index is 1470. The van der Waals surface area contributed by atoms with Gasteiger partial charge in [0.2, 0.25) is 0 Å². The molecule has 0 N–H and O–H groups in total. The Morgan fingerprint density at radius 3 is 2.43 bits per heavy atom. The van der Waals surface area contributed by atoms with Gasteiger partial charge in [-0.25, -0.2) is 13.2 Å². The number of nitrogens with zero attached hydrogens (tertiary/aromatic N) is 2. The number of carbonyl (C=O) groups is 1. The van der Waals surface area contributed by atoms with Gasteiger partial charge in [0.1, 0.15) is 11.4 Å². The molecule has 0 saturated heterocycles. The van der Waals surface area contributed by atoms with Gasteiger partial charge in [0.25, 0.3) is 0 Å². The Morgan fingerprint density at radius 2 is 1.81 bits per heavy atom. The van der Waals surface area contributed by atoms with E-state index in [9.17, 15) is 13.2 Å². The van der Waals surface area contributed by atoms with Crippen LogP contribution in [0.15, 0.2) is 47.4 Å². The standard InChI is InChI=1S/C29H34N2O5S/c1-8-16-37(33,34)25-11-9-10-22(17-25)12-13-23-18-24(28-20(2)30-31(7)21(28)3)14-15-26(23)35-19-27(32)36-29(4,5)6/h9-11,14-15,17-18H,8,16,19H2,1-7H3. The maximum absolute atomic E-state index is 12.5. The molecule has 0 spiro atoms. The topological polar surface area (TPSA) is 87.5 Å². The lowest BCUT2D eigenvalue weighted by Crippen LogP contribution is -2.27. The molecular formula is C29H34N2O5S. The number of rotatable bonds is 7. The van der Waals surface area contributed by atoms with Gasteiger partial charge in [0, 0.05) is 23.9 Å². The molecule has 3 aromatic rings. The van der Waals surface area contributed by atoms with Gasteiger partial charge in [-0.05, 0) is 76.9 Å². The van der Waals surface area contributed by atoms with E-state index in [0.29, 0.717) is 23.3 Å². The van der Waals surface area contributed by atoms with Crippen LogP contribution >= 0.6 is 0 Å². The van der Waals surface area contributed by atoms with Crippen LogP contribution in [0.2, 0.25) is 0 Å². The normalized spacial score (nSPS) is 11.5. The van der Waals surface area contributed by atoms with E-state index in [-0.39, 0.29) is 17.3 Å². The molecule has 3 rings (SSSR count).